The maximum absolute atomic E-state index is 12.4. The lowest BCUT2D eigenvalue weighted by Gasteiger charge is -2.35. The molecule has 0 unspecified atom stereocenters. The van der Waals surface area contributed by atoms with Gasteiger partial charge in [-0.15, -0.1) is 10.2 Å². The molecule has 2 rings (SSSR count). The Bertz CT molecular complexity index is 422. The van der Waals surface area contributed by atoms with Crippen molar-refractivity contribution in [1.29, 1.82) is 0 Å². The molecule has 1 aliphatic rings. The molecule has 0 spiro atoms. The summed E-state index contributed by atoms with van der Waals surface area (Å²) < 4.78 is 1.95. The van der Waals surface area contributed by atoms with Gasteiger partial charge >= 0.3 is 0 Å². The van der Waals surface area contributed by atoms with E-state index in [2.05, 4.69) is 27.8 Å². The fourth-order valence-electron chi connectivity index (χ4n) is 2.67. The maximum Gasteiger partial charge on any atom is 0.226 e. The van der Waals surface area contributed by atoms with Crippen LogP contribution in [-0.4, -0.2) is 33.8 Å². The van der Waals surface area contributed by atoms with Gasteiger partial charge in [-0.3, -0.25) is 4.79 Å². The summed E-state index contributed by atoms with van der Waals surface area (Å²) >= 11 is 0. The Hall–Kier alpha value is -1.43. The highest BCUT2D eigenvalue weighted by molar-refractivity contribution is 5.82. The van der Waals surface area contributed by atoms with Gasteiger partial charge in [0.15, 0.2) is 5.82 Å². The third-order valence-corrected chi connectivity index (χ3v) is 4.16. The monoisotopic (exact) mass is 265 g/mol. The lowest BCUT2D eigenvalue weighted by Crippen LogP contribution is -2.47. The Morgan fingerprint density at radius 2 is 2.21 bits per heavy atom. The molecule has 106 valence electrons. The van der Waals surface area contributed by atoms with Gasteiger partial charge in [-0.05, 0) is 39.3 Å². The van der Waals surface area contributed by atoms with Crippen molar-refractivity contribution in [2.45, 2.75) is 46.2 Å². The largest absolute Gasteiger partial charge is 0.348 e. The Labute approximate surface area is 114 Å². The third-order valence-electron chi connectivity index (χ3n) is 4.16. The van der Waals surface area contributed by atoms with Gasteiger partial charge in [0.1, 0.15) is 6.33 Å². The van der Waals surface area contributed by atoms with Gasteiger partial charge in [0.2, 0.25) is 5.91 Å². The molecule has 1 saturated heterocycles. The number of nitrogens with zero attached hydrogens (tertiary/aromatic N) is 3. The molecule has 1 amide bonds. The molecule has 1 fully saturated rings. The second-order valence-corrected chi connectivity index (χ2v) is 5.10. The molecule has 6 heteroatoms. The van der Waals surface area contributed by atoms with E-state index in [-0.39, 0.29) is 11.3 Å². The van der Waals surface area contributed by atoms with Crippen molar-refractivity contribution >= 4 is 5.91 Å². The number of hydrogen-bond donors (Lipinski definition) is 2. The highest BCUT2D eigenvalue weighted by atomic mass is 16.2. The normalized spacial score (nSPS) is 18.2. The number of aromatic nitrogens is 3. The number of piperidine rings is 1. The lowest BCUT2D eigenvalue weighted by molar-refractivity contribution is -0.133. The summed E-state index contributed by atoms with van der Waals surface area (Å²) in [6.07, 6.45) is 4.41. The maximum atomic E-state index is 12.4. The molecule has 1 aromatic rings. The van der Waals surface area contributed by atoms with E-state index in [0.29, 0.717) is 6.54 Å². The van der Waals surface area contributed by atoms with Gasteiger partial charge < -0.3 is 15.2 Å². The van der Waals surface area contributed by atoms with Crippen molar-refractivity contribution in [1.82, 2.24) is 25.4 Å². The Kier molecular flexibility index (Phi) is 4.52. The van der Waals surface area contributed by atoms with Crippen LogP contribution in [0.2, 0.25) is 0 Å². The highest BCUT2D eigenvalue weighted by Crippen LogP contribution is 2.32. The minimum Gasteiger partial charge on any atom is -0.348 e. The smallest absolute Gasteiger partial charge is 0.226 e. The van der Waals surface area contributed by atoms with Gasteiger partial charge in [-0.1, -0.05) is 6.92 Å². The molecule has 19 heavy (non-hydrogen) atoms. The fourth-order valence-corrected chi connectivity index (χ4v) is 2.67. The standard InChI is InChI=1S/C13H23N5O/c1-3-13(5-7-14-8-6-13)12(19)15-9-11-17-16-10-18(11)4-2/h10,14H,3-9H2,1-2H3,(H,15,19). The number of nitrogens with one attached hydrogen (secondary N) is 2. The zero-order chi connectivity index (χ0) is 13.7. The summed E-state index contributed by atoms with van der Waals surface area (Å²) in [4.78, 5) is 12.4. The number of carbonyl (C=O) groups is 1. The average molecular weight is 265 g/mol. The van der Waals surface area contributed by atoms with Gasteiger partial charge in [0, 0.05) is 6.54 Å². The molecule has 6 nitrogen and oxygen atoms in total. The van der Waals surface area contributed by atoms with Crippen molar-refractivity contribution in [2.24, 2.45) is 5.41 Å². The minimum atomic E-state index is -0.206. The fraction of sp³-hybridized carbons (Fsp3) is 0.769. The van der Waals surface area contributed by atoms with Crippen LogP contribution in [0, 0.1) is 5.41 Å². The lowest BCUT2D eigenvalue weighted by atomic mass is 9.76. The van der Waals surface area contributed by atoms with E-state index < -0.39 is 0 Å². The van der Waals surface area contributed by atoms with E-state index in [4.69, 9.17) is 0 Å². The summed E-state index contributed by atoms with van der Waals surface area (Å²) in [5.74, 6) is 0.971. The Morgan fingerprint density at radius 3 is 2.84 bits per heavy atom. The van der Waals surface area contributed by atoms with Gasteiger partial charge in [0.25, 0.3) is 0 Å². The summed E-state index contributed by atoms with van der Waals surface area (Å²) in [6, 6.07) is 0. The average Bonchev–Trinajstić information content (AvgIpc) is 2.92. The van der Waals surface area contributed by atoms with E-state index in [0.717, 1.165) is 44.7 Å². The molecule has 2 heterocycles. The molecular formula is C13H23N5O. The first-order valence-corrected chi connectivity index (χ1v) is 7.07. The zero-order valence-electron chi connectivity index (χ0n) is 11.8. The van der Waals surface area contributed by atoms with Gasteiger partial charge in [-0.25, -0.2) is 0 Å². The number of amides is 1. The first-order valence-electron chi connectivity index (χ1n) is 7.07. The summed E-state index contributed by atoms with van der Waals surface area (Å²) in [6.45, 7) is 7.26. The zero-order valence-corrected chi connectivity index (χ0v) is 11.8. The topological polar surface area (TPSA) is 71.8 Å². The van der Waals surface area contributed by atoms with Crippen LogP contribution in [-0.2, 0) is 17.9 Å². The van der Waals surface area contributed by atoms with Crippen LogP contribution in [0.25, 0.3) is 0 Å². The summed E-state index contributed by atoms with van der Waals surface area (Å²) in [5.41, 5.74) is -0.206. The molecule has 0 aliphatic carbocycles. The van der Waals surface area contributed by atoms with Crippen LogP contribution in [0.15, 0.2) is 6.33 Å². The van der Waals surface area contributed by atoms with E-state index in [1.54, 1.807) is 6.33 Å². The molecule has 2 N–H and O–H groups in total. The third kappa shape index (κ3) is 2.94. The molecule has 1 aliphatic heterocycles. The number of aryl methyl sites for hydroxylation is 1. The Morgan fingerprint density at radius 1 is 1.47 bits per heavy atom. The number of hydrogen-bond acceptors (Lipinski definition) is 4. The quantitative estimate of drug-likeness (QED) is 0.822. The summed E-state index contributed by atoms with van der Waals surface area (Å²) in [7, 11) is 0. The molecule has 0 radical (unpaired) electrons. The summed E-state index contributed by atoms with van der Waals surface area (Å²) in [5, 5.41) is 14.3. The van der Waals surface area contributed by atoms with Crippen LogP contribution in [0.3, 0.4) is 0 Å². The molecule has 0 saturated carbocycles. The van der Waals surface area contributed by atoms with E-state index >= 15 is 0 Å². The van der Waals surface area contributed by atoms with Crippen LogP contribution in [0.5, 0.6) is 0 Å². The van der Waals surface area contributed by atoms with Crippen molar-refractivity contribution in [3.05, 3.63) is 12.2 Å². The second-order valence-electron chi connectivity index (χ2n) is 5.10. The van der Waals surface area contributed by atoms with Crippen molar-refractivity contribution in [3.8, 4) is 0 Å². The predicted molar refractivity (Wildman–Crippen MR) is 72.4 cm³/mol. The predicted octanol–water partition coefficient (Wildman–Crippen LogP) is 0.694. The molecule has 0 atom stereocenters. The van der Waals surface area contributed by atoms with Crippen LogP contribution in [0.1, 0.15) is 38.9 Å². The number of rotatable bonds is 5. The van der Waals surface area contributed by atoms with E-state index in [1.165, 1.54) is 0 Å². The van der Waals surface area contributed by atoms with Crippen LogP contribution in [0.4, 0.5) is 0 Å². The minimum absolute atomic E-state index is 0.155. The van der Waals surface area contributed by atoms with Crippen LogP contribution >= 0.6 is 0 Å². The Balaban J connectivity index is 1.96. The number of carbonyl (C=O) groups excluding carboxylic acids is 1. The molecule has 0 aromatic carbocycles. The van der Waals surface area contributed by atoms with Gasteiger partial charge in [-0.2, -0.15) is 0 Å². The van der Waals surface area contributed by atoms with Crippen molar-refractivity contribution < 1.29 is 4.79 Å². The first-order chi connectivity index (χ1) is 9.22. The SMILES string of the molecule is CCn1cnnc1CNC(=O)C1(CC)CCNCC1. The van der Waals surface area contributed by atoms with E-state index in [1.807, 2.05) is 11.5 Å². The molecular weight excluding hydrogens is 242 g/mol. The first kappa shape index (κ1) is 14.0. The van der Waals surface area contributed by atoms with Crippen molar-refractivity contribution in [3.63, 3.8) is 0 Å². The van der Waals surface area contributed by atoms with Crippen LogP contribution < -0.4 is 10.6 Å². The highest BCUT2D eigenvalue weighted by Gasteiger charge is 2.37. The molecule has 0 bridgehead atoms. The molecule has 1 aromatic heterocycles. The second kappa shape index (κ2) is 6.14. The van der Waals surface area contributed by atoms with Gasteiger partial charge in [0.05, 0.1) is 12.0 Å². The van der Waals surface area contributed by atoms with E-state index in [9.17, 15) is 4.79 Å². The van der Waals surface area contributed by atoms with Crippen molar-refractivity contribution in [2.75, 3.05) is 13.1 Å².